The van der Waals surface area contributed by atoms with Crippen molar-refractivity contribution in [2.24, 2.45) is 5.92 Å². The average Bonchev–Trinajstić information content (AvgIpc) is 1.81. The van der Waals surface area contributed by atoms with Crippen LogP contribution < -0.4 is 0 Å². The fourth-order valence-electron chi connectivity index (χ4n) is 0.601. The summed E-state index contributed by atoms with van der Waals surface area (Å²) in [4.78, 5) is 0. The van der Waals surface area contributed by atoms with E-state index in [1.54, 1.807) is 0 Å². The largest absolute Gasteiger partial charge is 0.403 e. The lowest BCUT2D eigenvalue weighted by atomic mass is 10.1. The average molecular weight is 208 g/mol. The van der Waals surface area contributed by atoms with Gasteiger partial charge in [0.05, 0.1) is 6.61 Å². The third kappa shape index (κ3) is 4.16. The van der Waals surface area contributed by atoms with Crippen LogP contribution in [-0.4, -0.2) is 24.1 Å². The minimum absolute atomic E-state index is 0.111. The first kappa shape index (κ1) is 12.3. The molecule has 0 aromatic rings. The summed E-state index contributed by atoms with van der Waals surface area (Å²) < 4.78 is 70.1. The molecule has 0 aromatic heterocycles. The van der Waals surface area contributed by atoms with E-state index < -0.39 is 24.9 Å². The highest BCUT2D eigenvalue weighted by atomic mass is 19.4. The number of aliphatic hydroxyl groups is 1. The van der Waals surface area contributed by atoms with Crippen molar-refractivity contribution in [1.82, 2.24) is 0 Å². The molecule has 0 fully saturated rings. The van der Waals surface area contributed by atoms with E-state index in [-0.39, 0.29) is 6.08 Å². The van der Waals surface area contributed by atoms with Gasteiger partial charge in [0, 0.05) is 0 Å². The molecule has 0 bridgehead atoms. The lowest BCUT2D eigenvalue weighted by molar-refractivity contribution is -0.267. The fraction of sp³-hybridized carbons (Fsp3) is 0.667. The number of allylic oxidation sites excluding steroid dienone is 1. The van der Waals surface area contributed by atoms with E-state index in [1.165, 1.54) is 0 Å². The number of hydrogen-bond acceptors (Lipinski definition) is 1. The lowest BCUT2D eigenvalue weighted by Gasteiger charge is -2.19. The Bertz CT molecular complexity index is 165. The van der Waals surface area contributed by atoms with Crippen molar-refractivity contribution in [3.8, 4) is 0 Å². The Morgan fingerprint density at radius 3 is 1.62 bits per heavy atom. The zero-order valence-corrected chi connectivity index (χ0v) is 6.15. The summed E-state index contributed by atoms with van der Waals surface area (Å²) >= 11 is 0. The first-order valence-electron chi connectivity index (χ1n) is 3.10. The van der Waals surface area contributed by atoms with E-state index in [4.69, 9.17) is 5.11 Å². The second-order valence-electron chi connectivity index (χ2n) is 2.17. The first-order chi connectivity index (χ1) is 5.69. The van der Waals surface area contributed by atoms with Crippen molar-refractivity contribution in [3.05, 3.63) is 12.2 Å². The van der Waals surface area contributed by atoms with Gasteiger partial charge in [-0.3, -0.25) is 0 Å². The van der Waals surface area contributed by atoms with Crippen molar-refractivity contribution >= 4 is 0 Å². The lowest BCUT2D eigenvalue weighted by Crippen LogP contribution is -2.34. The van der Waals surface area contributed by atoms with Crippen LogP contribution in [0.1, 0.15) is 0 Å². The molecule has 0 aliphatic heterocycles. The Hall–Kier alpha value is -0.720. The Morgan fingerprint density at radius 1 is 1.00 bits per heavy atom. The second kappa shape index (κ2) is 3.99. The SMILES string of the molecule is OC/C=C/C(C(F)(F)F)C(F)(F)F. The maximum Gasteiger partial charge on any atom is 0.403 e. The summed E-state index contributed by atoms with van der Waals surface area (Å²) in [7, 11) is 0. The quantitative estimate of drug-likeness (QED) is 0.545. The van der Waals surface area contributed by atoms with Crippen LogP contribution in [0.4, 0.5) is 26.3 Å². The van der Waals surface area contributed by atoms with Crippen LogP contribution in [0.3, 0.4) is 0 Å². The monoisotopic (exact) mass is 208 g/mol. The molecule has 0 unspecified atom stereocenters. The zero-order chi connectivity index (χ0) is 10.7. The number of alkyl halides is 6. The maximum absolute atomic E-state index is 11.7. The van der Waals surface area contributed by atoms with Gasteiger partial charge < -0.3 is 5.11 Å². The van der Waals surface area contributed by atoms with E-state index in [2.05, 4.69) is 0 Å². The first-order valence-corrected chi connectivity index (χ1v) is 3.10. The highest BCUT2D eigenvalue weighted by Crippen LogP contribution is 2.39. The van der Waals surface area contributed by atoms with Gasteiger partial charge in [-0.2, -0.15) is 26.3 Å². The molecule has 0 amide bonds. The van der Waals surface area contributed by atoms with Crippen molar-refractivity contribution in [2.75, 3.05) is 6.61 Å². The van der Waals surface area contributed by atoms with Crippen LogP contribution >= 0.6 is 0 Å². The van der Waals surface area contributed by atoms with Crippen LogP contribution in [0.5, 0.6) is 0 Å². The van der Waals surface area contributed by atoms with Gasteiger partial charge >= 0.3 is 12.4 Å². The van der Waals surface area contributed by atoms with Crippen LogP contribution in [0, 0.1) is 5.92 Å². The molecule has 0 aliphatic rings. The van der Waals surface area contributed by atoms with E-state index in [9.17, 15) is 26.3 Å². The second-order valence-corrected chi connectivity index (χ2v) is 2.17. The molecule has 1 nitrogen and oxygen atoms in total. The standard InChI is InChI=1S/C6H6F6O/c7-5(8,9)4(2-1-3-13)6(10,11)12/h1-2,4,13H,3H2/b2-1+. The summed E-state index contributed by atoms with van der Waals surface area (Å²) in [6.45, 7) is -0.858. The van der Waals surface area contributed by atoms with Crippen molar-refractivity contribution < 1.29 is 31.4 Å². The van der Waals surface area contributed by atoms with E-state index in [0.29, 0.717) is 6.08 Å². The van der Waals surface area contributed by atoms with Gasteiger partial charge in [0.25, 0.3) is 0 Å². The van der Waals surface area contributed by atoms with Crippen molar-refractivity contribution in [1.29, 1.82) is 0 Å². The molecule has 0 aliphatic carbocycles. The fourth-order valence-corrected chi connectivity index (χ4v) is 0.601. The van der Waals surface area contributed by atoms with Crippen LogP contribution in [-0.2, 0) is 0 Å². The normalized spacial score (nSPS) is 14.5. The number of hydrogen-bond donors (Lipinski definition) is 1. The summed E-state index contributed by atoms with van der Waals surface area (Å²) in [6, 6.07) is 0. The van der Waals surface area contributed by atoms with Gasteiger partial charge in [-0.15, -0.1) is 0 Å². The molecule has 0 saturated carbocycles. The van der Waals surface area contributed by atoms with Crippen LogP contribution in [0.15, 0.2) is 12.2 Å². The summed E-state index contributed by atoms with van der Waals surface area (Å²) in [6.07, 6.45) is -10.4. The highest BCUT2D eigenvalue weighted by molar-refractivity contribution is 4.95. The molecular formula is C6H6F6O. The zero-order valence-electron chi connectivity index (χ0n) is 6.15. The third-order valence-corrected chi connectivity index (χ3v) is 1.14. The molecule has 0 rings (SSSR count). The van der Waals surface area contributed by atoms with Crippen molar-refractivity contribution in [3.63, 3.8) is 0 Å². The molecule has 1 N–H and O–H groups in total. The Balaban J connectivity index is 4.68. The van der Waals surface area contributed by atoms with Gasteiger partial charge in [0.15, 0.2) is 5.92 Å². The smallest absolute Gasteiger partial charge is 0.392 e. The molecule has 0 spiro atoms. The topological polar surface area (TPSA) is 20.2 Å². The molecule has 7 heteroatoms. The van der Waals surface area contributed by atoms with E-state index in [1.807, 2.05) is 0 Å². The molecular weight excluding hydrogens is 202 g/mol. The molecule has 0 radical (unpaired) electrons. The maximum atomic E-state index is 11.7. The molecule has 78 valence electrons. The summed E-state index contributed by atoms with van der Waals surface area (Å²) in [5.74, 6) is -3.51. The van der Waals surface area contributed by atoms with Crippen molar-refractivity contribution in [2.45, 2.75) is 12.4 Å². The summed E-state index contributed by atoms with van der Waals surface area (Å²) in [5, 5.41) is 8.03. The van der Waals surface area contributed by atoms with Gasteiger partial charge in [-0.05, 0) is 0 Å². The Morgan fingerprint density at radius 2 is 1.38 bits per heavy atom. The molecule has 0 saturated heterocycles. The third-order valence-electron chi connectivity index (χ3n) is 1.14. The van der Waals surface area contributed by atoms with Crippen LogP contribution in [0.25, 0.3) is 0 Å². The molecule has 13 heavy (non-hydrogen) atoms. The van der Waals surface area contributed by atoms with Gasteiger partial charge in [-0.25, -0.2) is 0 Å². The van der Waals surface area contributed by atoms with Gasteiger partial charge in [0.1, 0.15) is 0 Å². The highest BCUT2D eigenvalue weighted by Gasteiger charge is 2.54. The molecule has 0 atom stereocenters. The predicted molar refractivity (Wildman–Crippen MR) is 31.8 cm³/mol. The predicted octanol–water partition coefficient (Wildman–Crippen LogP) is 2.28. The van der Waals surface area contributed by atoms with E-state index in [0.717, 1.165) is 0 Å². The number of halogens is 6. The Labute approximate surface area is 69.7 Å². The van der Waals surface area contributed by atoms with Gasteiger partial charge in [0.2, 0.25) is 0 Å². The summed E-state index contributed by atoms with van der Waals surface area (Å²) in [5.41, 5.74) is 0. The minimum atomic E-state index is -5.37. The van der Waals surface area contributed by atoms with Crippen LogP contribution in [0.2, 0.25) is 0 Å². The number of aliphatic hydroxyl groups excluding tert-OH is 1. The molecule has 0 heterocycles. The minimum Gasteiger partial charge on any atom is -0.392 e. The molecule has 0 aromatic carbocycles. The Kier molecular flexibility index (Phi) is 3.77. The number of rotatable bonds is 2. The van der Waals surface area contributed by atoms with Gasteiger partial charge in [-0.1, -0.05) is 12.2 Å². The van der Waals surface area contributed by atoms with E-state index >= 15 is 0 Å².